The van der Waals surface area contributed by atoms with E-state index in [0.717, 1.165) is 6.42 Å². The molecule has 1 aromatic heterocycles. The number of H-pyrrole nitrogens is 1. The second-order valence-electron chi connectivity index (χ2n) is 8.49. The highest BCUT2D eigenvalue weighted by atomic mass is 28.4. The van der Waals surface area contributed by atoms with Gasteiger partial charge in [-0.3, -0.25) is 14.3 Å². The van der Waals surface area contributed by atoms with Crippen LogP contribution in [0.15, 0.2) is 21.9 Å². The van der Waals surface area contributed by atoms with Crippen LogP contribution in [0.25, 0.3) is 0 Å². The first kappa shape index (κ1) is 22.0. The number of aromatic amines is 1. The highest BCUT2D eigenvalue weighted by molar-refractivity contribution is 6.74. The number of aromatic nitrogens is 2. The van der Waals surface area contributed by atoms with Gasteiger partial charge in [0, 0.05) is 18.9 Å². The minimum atomic E-state index is -2.25. The Bertz CT molecular complexity index is 738. The molecule has 2 rings (SSSR count). The van der Waals surface area contributed by atoms with Gasteiger partial charge in [-0.1, -0.05) is 27.7 Å². The summed E-state index contributed by atoms with van der Waals surface area (Å²) in [6.07, 6.45) is -0.904. The van der Waals surface area contributed by atoms with E-state index in [1.165, 1.54) is 16.8 Å². The molecule has 0 aromatic carbocycles. The average Bonchev–Trinajstić information content (AvgIpc) is 2.83. The topological polar surface area (TPSA) is 103 Å². The monoisotopic (exact) mass is 400 g/mol. The Morgan fingerprint density at radius 3 is 2.56 bits per heavy atom. The Kier molecular flexibility index (Phi) is 6.85. The zero-order valence-corrected chi connectivity index (χ0v) is 18.0. The molecule has 0 spiro atoms. The van der Waals surface area contributed by atoms with Gasteiger partial charge in [-0.2, -0.15) is 0 Å². The van der Waals surface area contributed by atoms with Crippen molar-refractivity contribution in [1.29, 1.82) is 0 Å². The van der Waals surface area contributed by atoms with E-state index < -0.39 is 44.1 Å². The molecule has 1 fully saturated rings. The Balaban J connectivity index is 2.34. The summed E-state index contributed by atoms with van der Waals surface area (Å²) in [7, 11) is -2.25. The fraction of sp³-hybridized carbons (Fsp3) is 0.778. The van der Waals surface area contributed by atoms with Crippen molar-refractivity contribution in [2.75, 3.05) is 13.2 Å². The van der Waals surface area contributed by atoms with Gasteiger partial charge in [0.15, 0.2) is 14.5 Å². The molecule has 1 saturated heterocycles. The maximum Gasteiger partial charge on any atom is 0.330 e. The summed E-state index contributed by atoms with van der Waals surface area (Å²) in [5.41, 5.74) is -1.09. The summed E-state index contributed by atoms with van der Waals surface area (Å²) in [6, 6.07) is 1.25. The quantitative estimate of drug-likeness (QED) is 0.532. The first-order valence-corrected chi connectivity index (χ1v) is 12.3. The van der Waals surface area contributed by atoms with Crippen molar-refractivity contribution < 1.29 is 19.0 Å². The minimum absolute atomic E-state index is 0.0793. The van der Waals surface area contributed by atoms with E-state index in [9.17, 15) is 14.7 Å². The molecule has 1 aliphatic heterocycles. The van der Waals surface area contributed by atoms with E-state index in [-0.39, 0.29) is 11.6 Å². The van der Waals surface area contributed by atoms with E-state index >= 15 is 0 Å². The van der Waals surface area contributed by atoms with E-state index in [1.54, 1.807) is 0 Å². The molecule has 2 heterocycles. The fourth-order valence-corrected chi connectivity index (χ4v) is 3.99. The molecule has 1 unspecified atom stereocenters. The lowest BCUT2D eigenvalue weighted by Gasteiger charge is -2.40. The van der Waals surface area contributed by atoms with Crippen LogP contribution in [0.5, 0.6) is 0 Å². The summed E-state index contributed by atoms with van der Waals surface area (Å²) in [4.78, 5) is 25.9. The summed E-state index contributed by atoms with van der Waals surface area (Å²) in [5.74, 6) is 0. The molecular weight excluding hydrogens is 368 g/mol. The predicted octanol–water partition coefficient (Wildman–Crippen LogP) is 1.61. The van der Waals surface area contributed by atoms with Crippen molar-refractivity contribution in [3.63, 3.8) is 0 Å². The van der Waals surface area contributed by atoms with Crippen LogP contribution in [0.3, 0.4) is 0 Å². The van der Waals surface area contributed by atoms with E-state index in [1.807, 2.05) is 6.92 Å². The Hall–Kier alpha value is -1.26. The van der Waals surface area contributed by atoms with Gasteiger partial charge in [0.2, 0.25) is 0 Å². The van der Waals surface area contributed by atoms with Crippen LogP contribution in [-0.2, 0) is 13.9 Å². The van der Waals surface area contributed by atoms with Crippen molar-refractivity contribution in [1.82, 2.24) is 9.55 Å². The van der Waals surface area contributed by atoms with Gasteiger partial charge in [0.1, 0.15) is 18.3 Å². The number of aliphatic hydroxyl groups is 1. The van der Waals surface area contributed by atoms with Crippen molar-refractivity contribution in [2.24, 2.45) is 0 Å². The summed E-state index contributed by atoms with van der Waals surface area (Å²) < 4.78 is 19.2. The molecule has 1 aromatic rings. The van der Waals surface area contributed by atoms with Gasteiger partial charge in [-0.25, -0.2) is 4.79 Å². The second kappa shape index (κ2) is 8.40. The van der Waals surface area contributed by atoms with Crippen molar-refractivity contribution in [3.8, 4) is 0 Å². The Morgan fingerprint density at radius 2 is 2.00 bits per heavy atom. The molecule has 4 atom stereocenters. The molecule has 1 aliphatic rings. The minimum Gasteiger partial charge on any atom is -0.407 e. The number of nitrogens with zero attached hydrogens (tertiary/aromatic N) is 1. The zero-order valence-electron chi connectivity index (χ0n) is 17.0. The first-order valence-electron chi connectivity index (χ1n) is 9.38. The molecule has 2 N–H and O–H groups in total. The maximum absolute atomic E-state index is 12.3. The van der Waals surface area contributed by atoms with E-state index in [0.29, 0.717) is 6.61 Å². The number of hydrogen-bond donors (Lipinski definition) is 2. The lowest BCUT2D eigenvalue weighted by molar-refractivity contribution is -0.0674. The maximum atomic E-state index is 12.3. The summed E-state index contributed by atoms with van der Waals surface area (Å²) in [5, 5.41) is 10.8. The van der Waals surface area contributed by atoms with E-state index in [4.69, 9.17) is 13.9 Å². The highest BCUT2D eigenvalue weighted by Gasteiger charge is 2.50. The molecule has 0 amide bonds. The molecule has 0 aliphatic carbocycles. The predicted molar refractivity (Wildman–Crippen MR) is 104 cm³/mol. The van der Waals surface area contributed by atoms with Crippen LogP contribution >= 0.6 is 0 Å². The standard InChI is InChI=1S/C18H32N2O6Si/c1-7-10-24-11-12-14(22)15(26-27(5,6)18(2,3)4)16(25-12)20-9-8-13(21)19-17(20)23/h8-9,12,14-16,22H,7,10-11H2,1-6H3,(H,19,21,23)/t12-,14+,15?,16-/m1/s1. The molecular formula is C18H32N2O6Si. The highest BCUT2D eigenvalue weighted by Crippen LogP contribution is 2.41. The van der Waals surface area contributed by atoms with E-state index in [2.05, 4.69) is 38.8 Å². The average molecular weight is 401 g/mol. The molecule has 27 heavy (non-hydrogen) atoms. The van der Waals surface area contributed by atoms with Crippen LogP contribution in [0.2, 0.25) is 18.1 Å². The largest absolute Gasteiger partial charge is 0.407 e. The zero-order chi connectivity index (χ0) is 20.4. The summed E-state index contributed by atoms with van der Waals surface area (Å²) >= 11 is 0. The lowest BCUT2D eigenvalue weighted by atomic mass is 10.1. The molecule has 9 heteroatoms. The molecule has 154 valence electrons. The van der Waals surface area contributed by atoms with Crippen LogP contribution in [0, 0.1) is 0 Å². The smallest absolute Gasteiger partial charge is 0.330 e. The van der Waals surface area contributed by atoms with Crippen molar-refractivity contribution in [3.05, 3.63) is 33.1 Å². The molecule has 0 radical (unpaired) electrons. The van der Waals surface area contributed by atoms with Crippen LogP contribution in [-0.4, -0.2) is 54.5 Å². The van der Waals surface area contributed by atoms with Gasteiger partial charge in [0.05, 0.1) is 6.61 Å². The summed E-state index contributed by atoms with van der Waals surface area (Å²) in [6.45, 7) is 13.2. The molecule has 0 saturated carbocycles. The van der Waals surface area contributed by atoms with Gasteiger partial charge < -0.3 is 19.0 Å². The van der Waals surface area contributed by atoms with Gasteiger partial charge in [-0.15, -0.1) is 0 Å². The van der Waals surface area contributed by atoms with Gasteiger partial charge in [0.25, 0.3) is 5.56 Å². The first-order chi connectivity index (χ1) is 12.5. The van der Waals surface area contributed by atoms with Gasteiger partial charge in [-0.05, 0) is 24.6 Å². The molecule has 0 bridgehead atoms. The lowest BCUT2D eigenvalue weighted by Crippen LogP contribution is -2.49. The third-order valence-electron chi connectivity index (χ3n) is 5.31. The van der Waals surface area contributed by atoms with Crippen LogP contribution < -0.4 is 11.2 Å². The number of hydrogen-bond acceptors (Lipinski definition) is 6. The van der Waals surface area contributed by atoms with Crippen molar-refractivity contribution >= 4 is 8.32 Å². The third kappa shape index (κ3) is 4.97. The number of aliphatic hydroxyl groups excluding tert-OH is 1. The number of ether oxygens (including phenoxy) is 2. The normalized spacial score (nSPS) is 26.5. The Labute approximate surface area is 160 Å². The second-order valence-corrected chi connectivity index (χ2v) is 13.2. The Morgan fingerprint density at radius 1 is 1.33 bits per heavy atom. The third-order valence-corrected chi connectivity index (χ3v) is 9.78. The number of rotatable bonds is 7. The SMILES string of the molecule is CCCOC[C@H]1O[C@@H](n2ccc(=O)[nH]c2=O)C(O[Si](C)(C)C(C)(C)C)[C@H]1O. The van der Waals surface area contributed by atoms with Crippen molar-refractivity contribution in [2.45, 2.75) is 76.8 Å². The molecule has 8 nitrogen and oxygen atoms in total. The fourth-order valence-electron chi connectivity index (χ4n) is 2.70. The number of nitrogens with one attached hydrogen (secondary N) is 1. The van der Waals surface area contributed by atoms with Gasteiger partial charge >= 0.3 is 5.69 Å². The van der Waals surface area contributed by atoms with Crippen LogP contribution in [0.4, 0.5) is 0 Å². The van der Waals surface area contributed by atoms with Crippen LogP contribution in [0.1, 0.15) is 40.3 Å².